The van der Waals surface area contributed by atoms with Crippen molar-refractivity contribution < 1.29 is 61.4 Å². The smallest absolute Gasteiger partial charge is 0.416 e. The first-order chi connectivity index (χ1) is 27.8. The monoisotopic (exact) mass is 908 g/mol. The summed E-state index contributed by atoms with van der Waals surface area (Å²) >= 11 is 12.9. The number of carbonyl (C=O) groups is 2. The topological polar surface area (TPSA) is 221 Å². The van der Waals surface area contributed by atoms with Crippen LogP contribution in [0.25, 0.3) is 11.3 Å². The molecule has 1 aromatic heterocycles. The summed E-state index contributed by atoms with van der Waals surface area (Å²) in [5.74, 6) is 0.0764. The van der Waals surface area contributed by atoms with E-state index in [1.54, 1.807) is 6.92 Å². The fourth-order valence-corrected chi connectivity index (χ4v) is 5.98. The third kappa shape index (κ3) is 20.4. The molecule has 0 spiro atoms. The van der Waals surface area contributed by atoms with E-state index in [0.717, 1.165) is 42.4 Å². The molecule has 4 aromatic rings. The standard InChI is InChI=1S/C19H23ClN2O2S.C15H11ClF3NO4.C3H8NO5P/c1-2-3-4-5-6-10-13-25-19(23)24-16-14-17(20)21-22-18(16)15-11-8-7-9-12-15;1-2-23-14-8-10(4-5-12(14)20(21)22)24-13-6-3-9(7-11(13)16)15(17,18)19;5-3(6)1-4-2-10(7,8)9/h7-9,11-12,14H,2-6,10,13H2,1H3;3-8H,2H2,1H3;4H,1-2H2,(H,5,6)(H2,7,8,9). The number of ether oxygens (including phenoxy) is 3. The average Bonchev–Trinajstić information content (AvgIpc) is 3.15. The number of aromatic nitrogens is 2. The molecule has 0 aliphatic carbocycles. The Morgan fingerprint density at radius 3 is 2.19 bits per heavy atom. The van der Waals surface area contributed by atoms with E-state index in [4.69, 9.17) is 52.3 Å². The van der Waals surface area contributed by atoms with Gasteiger partial charge in [-0.15, -0.1) is 10.2 Å². The molecule has 59 heavy (non-hydrogen) atoms. The third-order valence-corrected chi connectivity index (χ3v) is 9.12. The van der Waals surface area contributed by atoms with Gasteiger partial charge < -0.3 is 29.1 Å². The van der Waals surface area contributed by atoms with Crippen molar-refractivity contribution >= 4 is 59.5 Å². The van der Waals surface area contributed by atoms with Crippen LogP contribution in [0.15, 0.2) is 72.8 Å². The van der Waals surface area contributed by atoms with Crippen LogP contribution in [0.1, 0.15) is 57.9 Å². The van der Waals surface area contributed by atoms with Crippen molar-refractivity contribution in [2.75, 3.05) is 25.2 Å². The molecule has 0 unspecified atom stereocenters. The Bertz CT molecular complexity index is 2020. The van der Waals surface area contributed by atoms with Crippen LogP contribution in [0.5, 0.6) is 23.0 Å². The van der Waals surface area contributed by atoms with E-state index in [1.165, 1.54) is 61.7 Å². The van der Waals surface area contributed by atoms with Crippen molar-refractivity contribution in [2.24, 2.45) is 0 Å². The van der Waals surface area contributed by atoms with Crippen molar-refractivity contribution in [1.29, 1.82) is 0 Å². The summed E-state index contributed by atoms with van der Waals surface area (Å²) in [7, 11) is -4.10. The lowest BCUT2D eigenvalue weighted by Gasteiger charge is -2.12. The minimum absolute atomic E-state index is 0.0111. The first-order valence-corrected chi connectivity index (χ1v) is 21.2. The van der Waals surface area contributed by atoms with Gasteiger partial charge in [0.2, 0.25) is 5.75 Å². The molecule has 4 N–H and O–H groups in total. The Labute approximate surface area is 351 Å². The number of nitro benzene ring substituents is 1. The van der Waals surface area contributed by atoms with Gasteiger partial charge in [-0.2, -0.15) is 13.2 Å². The minimum atomic E-state index is -4.52. The fraction of sp³-hybridized carbons (Fsp3) is 0.351. The molecule has 0 aliphatic rings. The number of nitro groups is 1. The largest absolute Gasteiger partial charge is 0.487 e. The molecule has 4 rings (SSSR count). The van der Waals surface area contributed by atoms with E-state index in [-0.39, 0.29) is 45.0 Å². The van der Waals surface area contributed by atoms with Crippen molar-refractivity contribution in [3.05, 3.63) is 98.6 Å². The minimum Gasteiger partial charge on any atom is -0.487 e. The molecule has 22 heteroatoms. The summed E-state index contributed by atoms with van der Waals surface area (Å²) in [6.07, 6.45) is 2.08. The number of benzene rings is 3. The van der Waals surface area contributed by atoms with Gasteiger partial charge in [0, 0.05) is 29.5 Å². The lowest BCUT2D eigenvalue weighted by atomic mass is 10.1. The number of aliphatic carboxylic acids is 1. The highest BCUT2D eigenvalue weighted by Gasteiger charge is 2.31. The summed E-state index contributed by atoms with van der Waals surface area (Å²) < 4.78 is 63.9. The van der Waals surface area contributed by atoms with Crippen LogP contribution in [-0.4, -0.2) is 66.5 Å². The van der Waals surface area contributed by atoms with Crippen LogP contribution in [-0.2, 0) is 15.5 Å². The fourth-order valence-electron chi connectivity index (χ4n) is 4.56. The number of hydrogen-bond donors (Lipinski definition) is 4. The van der Waals surface area contributed by atoms with Gasteiger partial charge in [-0.1, -0.05) is 92.6 Å². The van der Waals surface area contributed by atoms with E-state index in [2.05, 4.69) is 22.4 Å². The van der Waals surface area contributed by atoms with E-state index in [0.29, 0.717) is 11.4 Å². The normalized spacial score (nSPS) is 11.0. The highest BCUT2D eigenvalue weighted by Crippen LogP contribution is 2.39. The van der Waals surface area contributed by atoms with Crippen molar-refractivity contribution in [3.63, 3.8) is 0 Å². The Morgan fingerprint density at radius 1 is 0.915 bits per heavy atom. The van der Waals surface area contributed by atoms with Gasteiger partial charge in [-0.3, -0.25) is 24.8 Å². The summed E-state index contributed by atoms with van der Waals surface area (Å²) in [6.45, 7) is 3.62. The second-order valence-electron chi connectivity index (χ2n) is 11.9. The van der Waals surface area contributed by atoms with Crippen molar-refractivity contribution in [3.8, 4) is 34.3 Å². The molecular weight excluding hydrogens is 867 g/mol. The lowest BCUT2D eigenvalue weighted by molar-refractivity contribution is -0.385. The van der Waals surface area contributed by atoms with Gasteiger partial charge >= 0.3 is 30.7 Å². The predicted molar refractivity (Wildman–Crippen MR) is 218 cm³/mol. The molecule has 0 atom stereocenters. The molecule has 0 radical (unpaired) electrons. The molecule has 0 saturated carbocycles. The zero-order valence-electron chi connectivity index (χ0n) is 31.7. The summed E-state index contributed by atoms with van der Waals surface area (Å²) in [6, 6.07) is 17.4. The number of carboxylic acids is 1. The van der Waals surface area contributed by atoms with E-state index < -0.39 is 43.1 Å². The summed E-state index contributed by atoms with van der Waals surface area (Å²) in [5, 5.41) is 28.5. The Balaban J connectivity index is 0.000000333. The second-order valence-corrected chi connectivity index (χ2v) is 15.4. The number of hydrogen-bond acceptors (Lipinski definition) is 12. The molecule has 0 fully saturated rings. The molecule has 0 saturated heterocycles. The van der Waals surface area contributed by atoms with Crippen molar-refractivity contribution in [2.45, 2.75) is 58.5 Å². The zero-order valence-corrected chi connectivity index (χ0v) is 34.9. The quantitative estimate of drug-likeness (QED) is 0.0240. The number of alkyl halides is 3. The first-order valence-electron chi connectivity index (χ1n) is 17.7. The summed E-state index contributed by atoms with van der Waals surface area (Å²) in [4.78, 5) is 48.5. The van der Waals surface area contributed by atoms with Crippen LogP contribution in [0, 0.1) is 10.1 Å². The van der Waals surface area contributed by atoms with Crippen LogP contribution >= 0.6 is 42.6 Å². The maximum Gasteiger partial charge on any atom is 0.416 e. The highest BCUT2D eigenvalue weighted by atomic mass is 35.5. The van der Waals surface area contributed by atoms with Gasteiger partial charge in [0.25, 0.3) is 0 Å². The van der Waals surface area contributed by atoms with Gasteiger partial charge in [0.1, 0.15) is 17.2 Å². The van der Waals surface area contributed by atoms with Gasteiger partial charge in [-0.25, -0.2) is 4.79 Å². The van der Waals surface area contributed by atoms with Gasteiger partial charge in [0.15, 0.2) is 10.9 Å². The molecule has 15 nitrogen and oxygen atoms in total. The first kappa shape index (κ1) is 50.7. The van der Waals surface area contributed by atoms with Gasteiger partial charge in [-0.05, 0) is 49.4 Å². The van der Waals surface area contributed by atoms with Gasteiger partial charge in [0.05, 0.1) is 34.9 Å². The number of unbranched alkanes of at least 4 members (excludes halogenated alkanes) is 5. The predicted octanol–water partition coefficient (Wildman–Crippen LogP) is 10.6. The highest BCUT2D eigenvalue weighted by molar-refractivity contribution is 8.13. The molecule has 0 amide bonds. The number of rotatable bonds is 18. The lowest BCUT2D eigenvalue weighted by Crippen LogP contribution is -2.23. The van der Waals surface area contributed by atoms with Crippen molar-refractivity contribution in [1.82, 2.24) is 15.5 Å². The molecule has 1 heterocycles. The third-order valence-electron chi connectivity index (χ3n) is 7.20. The van der Waals surface area contributed by atoms with Crippen LogP contribution in [0.3, 0.4) is 0 Å². The Kier molecular flexibility index (Phi) is 22.2. The molecule has 322 valence electrons. The van der Waals surface area contributed by atoms with Crippen LogP contribution in [0.2, 0.25) is 10.2 Å². The number of nitrogens with zero attached hydrogens (tertiary/aromatic N) is 3. The summed E-state index contributed by atoms with van der Waals surface area (Å²) in [5.41, 5.74) is 0.190. The molecule has 0 aliphatic heterocycles. The maximum atomic E-state index is 12.6. The molecule has 0 bridgehead atoms. The number of halogens is 5. The average molecular weight is 910 g/mol. The van der Waals surface area contributed by atoms with Crippen LogP contribution < -0.4 is 19.5 Å². The second kappa shape index (κ2) is 25.9. The Hall–Kier alpha value is -4.49. The van der Waals surface area contributed by atoms with E-state index in [1.807, 2.05) is 30.3 Å². The van der Waals surface area contributed by atoms with E-state index >= 15 is 0 Å². The number of carbonyl (C=O) groups excluding carboxylic acids is 1. The zero-order chi connectivity index (χ0) is 44.0. The number of carboxylic acid groups (broad SMARTS) is 1. The molecule has 3 aromatic carbocycles. The SMILES string of the molecule is CCCCCCCCSC(=O)Oc1cc(Cl)nnc1-c1ccccc1.CCOc1cc(Oc2ccc(C(F)(F)F)cc2Cl)ccc1[N+](=O)[O-].O=C(O)CNCP(=O)(O)O. The number of thioether (sulfide) groups is 1. The number of nitrogens with one attached hydrogen (secondary N) is 1. The maximum absolute atomic E-state index is 12.6. The molecular formula is C37H42Cl2F3N4O11PS. The Morgan fingerprint density at radius 2 is 1.59 bits per heavy atom. The van der Waals surface area contributed by atoms with Crippen LogP contribution in [0.4, 0.5) is 23.7 Å². The van der Waals surface area contributed by atoms with E-state index in [9.17, 15) is 37.4 Å².